The third kappa shape index (κ3) is 22.4. The Bertz CT molecular complexity index is 438. The molecular formula is C25H43N. The normalized spacial score (nSPS) is 10.2. The molecule has 1 rings (SSSR count). The third-order valence-corrected chi connectivity index (χ3v) is 3.65. The maximum atomic E-state index is 4.17. The highest BCUT2D eigenvalue weighted by Crippen LogP contribution is 2.02. The Labute approximate surface area is 164 Å². The monoisotopic (exact) mass is 357 g/mol. The Morgan fingerprint density at radius 1 is 0.923 bits per heavy atom. The maximum Gasteiger partial charge on any atom is 0.0403 e. The predicted molar refractivity (Wildman–Crippen MR) is 121 cm³/mol. The van der Waals surface area contributed by atoms with Gasteiger partial charge in [-0.25, -0.2) is 0 Å². The van der Waals surface area contributed by atoms with E-state index in [1.54, 1.807) is 0 Å². The van der Waals surface area contributed by atoms with Gasteiger partial charge in [-0.15, -0.1) is 0 Å². The standard InChI is InChI=1S/C10H16.C8H11N.C7H16/c1-4-6-7-9-10(3)8-5-2;1-2-5-8-6-3-4-7-9-8;1-3-5-7-6-4-2/h4,6-7,9H,3,5,8H2,1-2H3;3-4,6-7H,2,5H2,1H3;3-7H2,1-2H3/b6-4-,9-7-;;. The molecule has 0 bridgehead atoms. The van der Waals surface area contributed by atoms with Crippen molar-refractivity contribution < 1.29 is 0 Å². The van der Waals surface area contributed by atoms with Gasteiger partial charge in [0.2, 0.25) is 0 Å². The van der Waals surface area contributed by atoms with Crippen LogP contribution in [0.5, 0.6) is 0 Å². The van der Waals surface area contributed by atoms with Gasteiger partial charge in [0.1, 0.15) is 0 Å². The molecule has 0 unspecified atom stereocenters. The van der Waals surface area contributed by atoms with Crippen LogP contribution in [0.25, 0.3) is 0 Å². The van der Waals surface area contributed by atoms with E-state index in [4.69, 9.17) is 0 Å². The minimum Gasteiger partial charge on any atom is -0.261 e. The Morgan fingerprint density at radius 2 is 1.62 bits per heavy atom. The Kier molecular flexibility index (Phi) is 23.9. The molecular weight excluding hydrogens is 314 g/mol. The summed E-state index contributed by atoms with van der Waals surface area (Å²) < 4.78 is 0. The number of nitrogens with zero attached hydrogens (tertiary/aromatic N) is 1. The van der Waals surface area contributed by atoms with Crippen molar-refractivity contribution in [1.82, 2.24) is 4.98 Å². The number of rotatable bonds is 10. The topological polar surface area (TPSA) is 12.9 Å². The summed E-state index contributed by atoms with van der Waals surface area (Å²) in [5.41, 5.74) is 2.40. The first-order valence-electron chi connectivity index (χ1n) is 10.5. The molecule has 0 saturated carbocycles. The number of unbranched alkanes of at least 4 members (excludes halogenated alkanes) is 4. The maximum absolute atomic E-state index is 4.17. The highest BCUT2D eigenvalue weighted by atomic mass is 14.7. The quantitative estimate of drug-likeness (QED) is 0.302. The van der Waals surface area contributed by atoms with Crippen molar-refractivity contribution in [3.63, 3.8) is 0 Å². The molecule has 26 heavy (non-hydrogen) atoms. The molecule has 0 atom stereocenters. The lowest BCUT2D eigenvalue weighted by molar-refractivity contribution is 0.656. The van der Waals surface area contributed by atoms with E-state index >= 15 is 0 Å². The molecule has 0 aliphatic heterocycles. The number of allylic oxidation sites excluding steroid dienone is 5. The average Bonchev–Trinajstić information content (AvgIpc) is 2.65. The van der Waals surface area contributed by atoms with Gasteiger partial charge in [0.05, 0.1) is 0 Å². The summed E-state index contributed by atoms with van der Waals surface area (Å²) in [5, 5.41) is 0. The van der Waals surface area contributed by atoms with Gasteiger partial charge >= 0.3 is 0 Å². The number of pyridine rings is 1. The van der Waals surface area contributed by atoms with Crippen LogP contribution in [-0.4, -0.2) is 4.98 Å². The molecule has 0 fully saturated rings. The molecule has 1 aromatic rings. The van der Waals surface area contributed by atoms with Gasteiger partial charge < -0.3 is 0 Å². The Balaban J connectivity index is 0. The van der Waals surface area contributed by atoms with Crippen molar-refractivity contribution in [1.29, 1.82) is 0 Å². The lowest BCUT2D eigenvalue weighted by Gasteiger charge is -1.92. The number of hydrogen-bond donors (Lipinski definition) is 0. The molecule has 1 heterocycles. The summed E-state index contributed by atoms with van der Waals surface area (Å²) in [6.07, 6.45) is 21.5. The number of aryl methyl sites for hydroxylation is 1. The summed E-state index contributed by atoms with van der Waals surface area (Å²) in [5.74, 6) is 0. The van der Waals surface area contributed by atoms with Gasteiger partial charge in [-0.3, -0.25) is 4.98 Å². The summed E-state index contributed by atoms with van der Waals surface area (Å²) in [6.45, 7) is 14.7. The molecule has 0 aliphatic carbocycles. The van der Waals surface area contributed by atoms with Crippen LogP contribution in [0, 0.1) is 0 Å². The van der Waals surface area contributed by atoms with E-state index in [9.17, 15) is 0 Å². The summed E-state index contributed by atoms with van der Waals surface area (Å²) in [7, 11) is 0. The van der Waals surface area contributed by atoms with Crippen molar-refractivity contribution in [2.45, 2.75) is 92.4 Å². The van der Waals surface area contributed by atoms with Crippen LogP contribution >= 0.6 is 0 Å². The second-order valence-electron chi connectivity index (χ2n) is 6.42. The summed E-state index contributed by atoms with van der Waals surface area (Å²) in [4.78, 5) is 4.17. The van der Waals surface area contributed by atoms with Crippen LogP contribution < -0.4 is 0 Å². The third-order valence-electron chi connectivity index (χ3n) is 3.65. The smallest absolute Gasteiger partial charge is 0.0403 e. The van der Waals surface area contributed by atoms with Crippen molar-refractivity contribution in [3.8, 4) is 0 Å². The largest absolute Gasteiger partial charge is 0.261 e. The van der Waals surface area contributed by atoms with Crippen LogP contribution in [0.15, 0.2) is 60.9 Å². The van der Waals surface area contributed by atoms with Crippen LogP contribution in [0.2, 0.25) is 0 Å². The molecule has 1 nitrogen and oxygen atoms in total. The molecule has 1 heteroatoms. The first kappa shape index (κ1) is 26.6. The zero-order valence-electron chi connectivity index (χ0n) is 18.1. The fraction of sp³-hybridized carbons (Fsp3) is 0.560. The SMILES string of the molecule is C=C(/C=C\C=C/C)CCC.CCCCCCC.CCCc1ccccn1. The number of aromatic nitrogens is 1. The number of hydrogen-bond acceptors (Lipinski definition) is 1. The van der Waals surface area contributed by atoms with E-state index in [0.29, 0.717) is 0 Å². The minimum absolute atomic E-state index is 1.10. The van der Waals surface area contributed by atoms with Crippen LogP contribution in [0.3, 0.4) is 0 Å². The van der Waals surface area contributed by atoms with E-state index in [2.05, 4.69) is 51.4 Å². The van der Waals surface area contributed by atoms with Gasteiger partial charge in [-0.2, -0.15) is 0 Å². The van der Waals surface area contributed by atoms with E-state index in [1.165, 1.54) is 56.2 Å². The van der Waals surface area contributed by atoms with Crippen molar-refractivity contribution in [3.05, 3.63) is 66.5 Å². The van der Waals surface area contributed by atoms with Crippen LogP contribution in [0.1, 0.15) is 91.7 Å². The van der Waals surface area contributed by atoms with Crippen molar-refractivity contribution in [2.24, 2.45) is 0 Å². The fourth-order valence-electron chi connectivity index (χ4n) is 2.19. The summed E-state index contributed by atoms with van der Waals surface area (Å²) >= 11 is 0. The zero-order valence-corrected chi connectivity index (χ0v) is 18.1. The first-order valence-corrected chi connectivity index (χ1v) is 10.5. The molecule has 0 N–H and O–H groups in total. The Morgan fingerprint density at radius 3 is 2.08 bits per heavy atom. The van der Waals surface area contributed by atoms with Crippen LogP contribution in [0.4, 0.5) is 0 Å². The highest BCUT2D eigenvalue weighted by molar-refractivity contribution is 5.18. The highest BCUT2D eigenvalue weighted by Gasteiger charge is 1.86. The summed E-state index contributed by atoms with van der Waals surface area (Å²) in [6, 6.07) is 6.03. The molecule has 0 aromatic carbocycles. The minimum atomic E-state index is 1.10. The second-order valence-corrected chi connectivity index (χ2v) is 6.42. The zero-order chi connectivity index (χ0) is 19.9. The van der Waals surface area contributed by atoms with Gasteiger partial charge in [-0.05, 0) is 31.9 Å². The molecule has 1 aromatic heterocycles. The van der Waals surface area contributed by atoms with E-state index < -0.39 is 0 Å². The fourth-order valence-corrected chi connectivity index (χ4v) is 2.19. The first-order chi connectivity index (χ1) is 12.7. The van der Waals surface area contributed by atoms with Gasteiger partial charge in [-0.1, -0.05) is 115 Å². The van der Waals surface area contributed by atoms with Crippen molar-refractivity contribution in [2.75, 3.05) is 0 Å². The Hall–Kier alpha value is -1.63. The molecule has 0 spiro atoms. The molecule has 148 valence electrons. The molecule has 0 radical (unpaired) electrons. The molecule has 0 aliphatic rings. The lowest BCUT2D eigenvalue weighted by atomic mass is 10.1. The van der Waals surface area contributed by atoms with Crippen LogP contribution in [-0.2, 0) is 6.42 Å². The van der Waals surface area contributed by atoms with Gasteiger partial charge in [0.25, 0.3) is 0 Å². The predicted octanol–water partition coefficient (Wildman–Crippen LogP) is 8.49. The average molecular weight is 358 g/mol. The van der Waals surface area contributed by atoms with Gasteiger partial charge in [0, 0.05) is 11.9 Å². The molecule has 0 saturated heterocycles. The van der Waals surface area contributed by atoms with E-state index in [-0.39, 0.29) is 0 Å². The van der Waals surface area contributed by atoms with E-state index in [0.717, 1.165) is 12.8 Å². The van der Waals surface area contributed by atoms with Gasteiger partial charge in [0.15, 0.2) is 0 Å². The molecule has 0 amide bonds. The lowest BCUT2D eigenvalue weighted by Crippen LogP contribution is -1.84. The van der Waals surface area contributed by atoms with Crippen molar-refractivity contribution >= 4 is 0 Å². The van der Waals surface area contributed by atoms with E-state index in [1.807, 2.05) is 43.5 Å². The second kappa shape index (κ2) is 23.4.